The Bertz CT molecular complexity index is 549. The first-order chi connectivity index (χ1) is 8.72. The molecule has 0 aliphatic carbocycles. The quantitative estimate of drug-likeness (QED) is 0.920. The number of anilines is 1. The van der Waals surface area contributed by atoms with Gasteiger partial charge in [0.15, 0.2) is 10.3 Å². The molecule has 0 spiro atoms. The molecule has 1 aromatic rings. The number of fused-ring (bicyclic) bond motifs is 1. The van der Waals surface area contributed by atoms with Gasteiger partial charge < -0.3 is 10.2 Å². The SMILES string of the molecule is Cc1cnc(NC(=O)CC2=CSC3=NCCN23)s1. The van der Waals surface area contributed by atoms with Crippen LogP contribution in [0.5, 0.6) is 0 Å². The van der Waals surface area contributed by atoms with Gasteiger partial charge in [-0.1, -0.05) is 11.8 Å². The van der Waals surface area contributed by atoms with E-state index in [2.05, 4.69) is 20.2 Å². The first-order valence-electron chi connectivity index (χ1n) is 5.62. The predicted octanol–water partition coefficient (Wildman–Crippen LogP) is 2.04. The summed E-state index contributed by atoms with van der Waals surface area (Å²) in [4.78, 5) is 23.6. The molecule has 0 bridgehead atoms. The van der Waals surface area contributed by atoms with E-state index in [0.717, 1.165) is 28.8 Å². The average molecular weight is 280 g/mol. The highest BCUT2D eigenvalue weighted by atomic mass is 32.2. The first-order valence-corrected chi connectivity index (χ1v) is 7.32. The number of amidine groups is 1. The monoisotopic (exact) mass is 280 g/mol. The lowest BCUT2D eigenvalue weighted by Crippen LogP contribution is -2.24. The van der Waals surface area contributed by atoms with Gasteiger partial charge in [0.05, 0.1) is 13.0 Å². The van der Waals surface area contributed by atoms with Crippen molar-refractivity contribution in [2.45, 2.75) is 13.3 Å². The Labute approximate surface area is 113 Å². The van der Waals surface area contributed by atoms with Crippen molar-refractivity contribution in [1.82, 2.24) is 9.88 Å². The summed E-state index contributed by atoms with van der Waals surface area (Å²) in [5.74, 6) is -0.0237. The topological polar surface area (TPSA) is 57.6 Å². The molecule has 1 N–H and O–H groups in total. The Balaban J connectivity index is 1.60. The molecule has 5 nitrogen and oxygen atoms in total. The fraction of sp³-hybridized carbons (Fsp3) is 0.364. The number of hydrogen-bond donors (Lipinski definition) is 1. The van der Waals surface area contributed by atoms with E-state index in [4.69, 9.17) is 0 Å². The molecule has 7 heteroatoms. The molecule has 94 valence electrons. The number of carbonyl (C=O) groups excluding carboxylic acids is 1. The number of thioether (sulfide) groups is 1. The molecule has 2 aliphatic rings. The molecule has 3 heterocycles. The lowest BCUT2D eigenvalue weighted by molar-refractivity contribution is -0.115. The van der Waals surface area contributed by atoms with Crippen LogP contribution in [-0.2, 0) is 4.79 Å². The van der Waals surface area contributed by atoms with Crippen molar-refractivity contribution in [3.63, 3.8) is 0 Å². The Kier molecular flexibility index (Phi) is 3.09. The summed E-state index contributed by atoms with van der Waals surface area (Å²) in [6.45, 7) is 3.68. The maximum Gasteiger partial charge on any atom is 0.232 e. The smallest absolute Gasteiger partial charge is 0.232 e. The van der Waals surface area contributed by atoms with E-state index in [9.17, 15) is 4.79 Å². The Morgan fingerprint density at radius 3 is 3.28 bits per heavy atom. The van der Waals surface area contributed by atoms with Gasteiger partial charge in [0.2, 0.25) is 5.91 Å². The maximum atomic E-state index is 11.9. The number of nitrogens with one attached hydrogen (secondary N) is 1. The van der Waals surface area contributed by atoms with Crippen LogP contribution in [0.2, 0.25) is 0 Å². The minimum atomic E-state index is -0.0237. The minimum Gasteiger partial charge on any atom is -0.322 e. The van der Waals surface area contributed by atoms with Crippen molar-refractivity contribution in [2.75, 3.05) is 18.4 Å². The van der Waals surface area contributed by atoms with Crippen LogP contribution in [0.3, 0.4) is 0 Å². The van der Waals surface area contributed by atoms with Gasteiger partial charge in [-0.05, 0) is 12.3 Å². The van der Waals surface area contributed by atoms with Crippen LogP contribution in [0.15, 0.2) is 22.3 Å². The van der Waals surface area contributed by atoms with Crippen LogP contribution in [0.25, 0.3) is 0 Å². The van der Waals surface area contributed by atoms with Crippen LogP contribution < -0.4 is 5.32 Å². The first kappa shape index (κ1) is 11.7. The van der Waals surface area contributed by atoms with Gasteiger partial charge >= 0.3 is 0 Å². The fourth-order valence-corrected chi connectivity index (χ4v) is 3.49. The van der Waals surface area contributed by atoms with Gasteiger partial charge in [0.1, 0.15) is 0 Å². The van der Waals surface area contributed by atoms with Crippen LogP contribution in [0.4, 0.5) is 5.13 Å². The Hall–Kier alpha value is -1.34. The minimum absolute atomic E-state index is 0.0237. The number of carbonyl (C=O) groups is 1. The predicted molar refractivity (Wildman–Crippen MR) is 74.8 cm³/mol. The third kappa shape index (κ3) is 2.28. The molecule has 0 radical (unpaired) electrons. The molecule has 0 fully saturated rings. The number of aliphatic imine (C=N–C) groups is 1. The van der Waals surface area contributed by atoms with Gasteiger partial charge in [0, 0.05) is 23.3 Å². The number of hydrogen-bond acceptors (Lipinski definition) is 6. The molecule has 2 aliphatic heterocycles. The summed E-state index contributed by atoms with van der Waals surface area (Å²) in [6, 6.07) is 0. The summed E-state index contributed by atoms with van der Waals surface area (Å²) in [7, 11) is 0. The summed E-state index contributed by atoms with van der Waals surface area (Å²) in [5.41, 5.74) is 1.03. The summed E-state index contributed by atoms with van der Waals surface area (Å²) in [6.07, 6.45) is 2.14. The zero-order chi connectivity index (χ0) is 12.5. The number of nitrogens with zero attached hydrogens (tertiary/aromatic N) is 3. The molecule has 0 saturated carbocycles. The van der Waals surface area contributed by atoms with E-state index >= 15 is 0 Å². The van der Waals surface area contributed by atoms with Crippen molar-refractivity contribution >= 4 is 39.3 Å². The molecule has 1 amide bonds. The summed E-state index contributed by atoms with van der Waals surface area (Å²) >= 11 is 3.08. The molecular formula is C11H12N4OS2. The number of aryl methyl sites for hydroxylation is 1. The van der Waals surface area contributed by atoms with Gasteiger partial charge in [-0.15, -0.1) is 11.3 Å². The standard InChI is InChI=1S/C11H12N4OS2/c1-7-5-13-10(18-7)14-9(16)4-8-6-17-11-12-2-3-15(8)11/h5-6H,2-4H2,1H3,(H,13,14,16). The second-order valence-corrected chi connectivity index (χ2v) is 6.12. The van der Waals surface area contributed by atoms with Gasteiger partial charge in [0.25, 0.3) is 0 Å². The van der Waals surface area contributed by atoms with Crippen molar-refractivity contribution in [1.29, 1.82) is 0 Å². The molecular weight excluding hydrogens is 268 g/mol. The highest BCUT2D eigenvalue weighted by Gasteiger charge is 2.27. The lowest BCUT2D eigenvalue weighted by Gasteiger charge is -2.15. The van der Waals surface area contributed by atoms with E-state index in [0.29, 0.717) is 11.6 Å². The molecule has 0 unspecified atom stereocenters. The molecule has 0 aromatic carbocycles. The summed E-state index contributed by atoms with van der Waals surface area (Å²) in [5, 5.41) is 6.51. The largest absolute Gasteiger partial charge is 0.322 e. The van der Waals surface area contributed by atoms with E-state index in [1.807, 2.05) is 12.3 Å². The van der Waals surface area contributed by atoms with Crippen LogP contribution in [0, 0.1) is 6.92 Å². The molecule has 1 aromatic heterocycles. The normalized spacial score (nSPS) is 17.5. The maximum absolute atomic E-state index is 11.9. The van der Waals surface area contributed by atoms with E-state index in [1.54, 1.807) is 18.0 Å². The van der Waals surface area contributed by atoms with E-state index in [-0.39, 0.29) is 5.91 Å². The lowest BCUT2D eigenvalue weighted by atomic mass is 10.3. The third-order valence-corrected chi connectivity index (χ3v) is 4.44. The van der Waals surface area contributed by atoms with Gasteiger partial charge in [-0.25, -0.2) is 4.98 Å². The van der Waals surface area contributed by atoms with Gasteiger partial charge in [-0.2, -0.15) is 0 Å². The van der Waals surface area contributed by atoms with Crippen molar-refractivity contribution in [2.24, 2.45) is 4.99 Å². The molecule has 0 saturated heterocycles. The number of thiazole rings is 1. The van der Waals surface area contributed by atoms with Crippen molar-refractivity contribution < 1.29 is 4.79 Å². The third-order valence-electron chi connectivity index (χ3n) is 2.66. The Morgan fingerprint density at radius 2 is 2.50 bits per heavy atom. The van der Waals surface area contributed by atoms with Crippen molar-refractivity contribution in [3.8, 4) is 0 Å². The highest BCUT2D eigenvalue weighted by Crippen LogP contribution is 2.31. The number of rotatable bonds is 3. The van der Waals surface area contributed by atoms with E-state index in [1.165, 1.54) is 11.3 Å². The average Bonchev–Trinajstić information content (AvgIpc) is 2.98. The van der Waals surface area contributed by atoms with Gasteiger partial charge in [-0.3, -0.25) is 9.79 Å². The number of amides is 1. The molecule has 0 atom stereocenters. The highest BCUT2D eigenvalue weighted by molar-refractivity contribution is 8.16. The second-order valence-electron chi connectivity index (χ2n) is 4.04. The van der Waals surface area contributed by atoms with Crippen LogP contribution in [0.1, 0.15) is 11.3 Å². The molecule has 18 heavy (non-hydrogen) atoms. The van der Waals surface area contributed by atoms with E-state index < -0.39 is 0 Å². The zero-order valence-electron chi connectivity index (χ0n) is 9.84. The zero-order valence-corrected chi connectivity index (χ0v) is 11.5. The second kappa shape index (κ2) is 4.74. The summed E-state index contributed by atoms with van der Waals surface area (Å²) < 4.78 is 0. The van der Waals surface area contributed by atoms with Crippen LogP contribution >= 0.6 is 23.1 Å². The van der Waals surface area contributed by atoms with Crippen molar-refractivity contribution in [3.05, 3.63) is 22.2 Å². The molecule has 3 rings (SSSR count). The van der Waals surface area contributed by atoms with Crippen LogP contribution in [-0.4, -0.2) is 34.0 Å². The Morgan fingerprint density at radius 1 is 1.61 bits per heavy atom. The number of aromatic nitrogens is 1. The fourth-order valence-electron chi connectivity index (χ4n) is 1.86.